The predicted octanol–water partition coefficient (Wildman–Crippen LogP) is -0.721. The van der Waals surface area contributed by atoms with E-state index < -0.39 is 0 Å². The van der Waals surface area contributed by atoms with Gasteiger partial charge in [0.25, 0.3) is 0 Å². The largest absolute Gasteiger partial charge is 0.381 e. The molecule has 1 amide bonds. The highest BCUT2D eigenvalue weighted by Crippen LogP contribution is 2.04. The molecule has 18 heavy (non-hydrogen) atoms. The fourth-order valence-electron chi connectivity index (χ4n) is 1.77. The zero-order valence-corrected chi connectivity index (χ0v) is 10.4. The number of ether oxygens (including phenoxy) is 1. The van der Waals surface area contributed by atoms with Crippen molar-refractivity contribution in [2.24, 2.45) is 0 Å². The van der Waals surface area contributed by atoms with Gasteiger partial charge in [-0.15, -0.1) is 0 Å². The second kappa shape index (κ2) is 6.46. The SMILES string of the molecule is CCOCCc1noc(CC2NCCNC2=O)n1. The normalized spacial score (nSPS) is 19.8. The van der Waals surface area contributed by atoms with Crippen LogP contribution < -0.4 is 10.6 Å². The van der Waals surface area contributed by atoms with Crippen molar-refractivity contribution in [1.82, 2.24) is 20.8 Å². The van der Waals surface area contributed by atoms with Crippen molar-refractivity contribution in [1.29, 1.82) is 0 Å². The number of aromatic nitrogens is 2. The minimum absolute atomic E-state index is 0.0182. The number of rotatable bonds is 6. The molecule has 0 aliphatic carbocycles. The Morgan fingerprint density at radius 1 is 1.50 bits per heavy atom. The lowest BCUT2D eigenvalue weighted by Crippen LogP contribution is -2.53. The van der Waals surface area contributed by atoms with Gasteiger partial charge in [0, 0.05) is 26.1 Å². The van der Waals surface area contributed by atoms with E-state index in [-0.39, 0.29) is 11.9 Å². The summed E-state index contributed by atoms with van der Waals surface area (Å²) in [5, 5.41) is 9.76. The quantitative estimate of drug-likeness (QED) is 0.651. The first-order valence-electron chi connectivity index (χ1n) is 6.20. The molecule has 0 saturated carbocycles. The van der Waals surface area contributed by atoms with Crippen LogP contribution in [0.1, 0.15) is 18.6 Å². The van der Waals surface area contributed by atoms with Gasteiger partial charge in [0.2, 0.25) is 11.8 Å². The molecule has 1 fully saturated rings. The third-order valence-electron chi connectivity index (χ3n) is 2.69. The van der Waals surface area contributed by atoms with Crippen molar-refractivity contribution in [2.45, 2.75) is 25.8 Å². The Morgan fingerprint density at radius 2 is 2.39 bits per heavy atom. The fraction of sp³-hybridized carbons (Fsp3) is 0.727. The number of carbonyl (C=O) groups excluding carboxylic acids is 1. The molecule has 1 unspecified atom stereocenters. The number of nitrogens with one attached hydrogen (secondary N) is 2. The molecular weight excluding hydrogens is 236 g/mol. The molecule has 0 aromatic carbocycles. The van der Waals surface area contributed by atoms with Gasteiger partial charge in [0.05, 0.1) is 19.1 Å². The second-order valence-electron chi connectivity index (χ2n) is 4.05. The molecule has 2 N–H and O–H groups in total. The van der Waals surface area contributed by atoms with Gasteiger partial charge in [0.15, 0.2) is 5.82 Å². The molecule has 7 heteroatoms. The van der Waals surface area contributed by atoms with Crippen LogP contribution >= 0.6 is 0 Å². The Balaban J connectivity index is 1.83. The number of hydrogen-bond donors (Lipinski definition) is 2. The lowest BCUT2D eigenvalue weighted by molar-refractivity contribution is -0.124. The molecule has 0 bridgehead atoms. The van der Waals surface area contributed by atoms with E-state index in [9.17, 15) is 4.79 Å². The van der Waals surface area contributed by atoms with E-state index in [1.165, 1.54) is 0 Å². The third kappa shape index (κ3) is 3.51. The standard InChI is InChI=1S/C11H18N4O3/c1-2-17-6-3-9-14-10(18-15-9)7-8-11(16)13-5-4-12-8/h8,12H,2-7H2,1H3,(H,13,16). The Hall–Kier alpha value is -1.47. The van der Waals surface area contributed by atoms with Crippen LogP contribution in [0, 0.1) is 0 Å². The van der Waals surface area contributed by atoms with E-state index in [1.54, 1.807) is 0 Å². The van der Waals surface area contributed by atoms with Gasteiger partial charge in [-0.2, -0.15) is 4.98 Å². The Labute approximate surface area is 105 Å². The van der Waals surface area contributed by atoms with Crippen LogP contribution in [-0.2, 0) is 22.4 Å². The number of hydrogen-bond acceptors (Lipinski definition) is 6. The highest BCUT2D eigenvalue weighted by atomic mass is 16.5. The summed E-state index contributed by atoms with van der Waals surface area (Å²) in [4.78, 5) is 15.8. The average Bonchev–Trinajstić information content (AvgIpc) is 2.80. The fourth-order valence-corrected chi connectivity index (χ4v) is 1.77. The summed E-state index contributed by atoms with van der Waals surface area (Å²) in [6.45, 7) is 4.63. The molecule has 0 radical (unpaired) electrons. The Kier molecular flexibility index (Phi) is 4.66. The van der Waals surface area contributed by atoms with Crippen molar-refractivity contribution < 1.29 is 14.1 Å². The highest BCUT2D eigenvalue weighted by molar-refractivity contribution is 5.82. The van der Waals surface area contributed by atoms with Crippen LogP contribution in [0.3, 0.4) is 0 Å². The third-order valence-corrected chi connectivity index (χ3v) is 2.69. The summed E-state index contributed by atoms with van der Waals surface area (Å²) in [6, 6.07) is -0.279. The van der Waals surface area contributed by atoms with Gasteiger partial charge >= 0.3 is 0 Å². The summed E-state index contributed by atoms with van der Waals surface area (Å²) in [6.07, 6.45) is 1.05. The lowest BCUT2D eigenvalue weighted by atomic mass is 10.1. The van der Waals surface area contributed by atoms with Gasteiger partial charge in [-0.25, -0.2) is 0 Å². The molecule has 1 aromatic rings. The van der Waals surface area contributed by atoms with Crippen LogP contribution in [0.4, 0.5) is 0 Å². The molecule has 1 atom stereocenters. The van der Waals surface area contributed by atoms with Crippen LogP contribution in [0.15, 0.2) is 4.52 Å². The van der Waals surface area contributed by atoms with Crippen LogP contribution in [0.5, 0.6) is 0 Å². The van der Waals surface area contributed by atoms with Crippen molar-refractivity contribution in [3.05, 3.63) is 11.7 Å². The van der Waals surface area contributed by atoms with Gasteiger partial charge in [0.1, 0.15) is 0 Å². The lowest BCUT2D eigenvalue weighted by Gasteiger charge is -2.21. The first-order valence-corrected chi connectivity index (χ1v) is 6.20. The van der Waals surface area contributed by atoms with E-state index in [0.29, 0.717) is 44.3 Å². The average molecular weight is 254 g/mol. The molecule has 7 nitrogen and oxygen atoms in total. The molecule has 1 aliphatic heterocycles. The molecule has 2 rings (SSSR count). The van der Waals surface area contributed by atoms with E-state index in [2.05, 4.69) is 20.8 Å². The number of carbonyl (C=O) groups is 1. The molecule has 0 spiro atoms. The summed E-state index contributed by atoms with van der Waals surface area (Å²) in [5.41, 5.74) is 0. The van der Waals surface area contributed by atoms with Gasteiger partial charge in [-0.3, -0.25) is 4.79 Å². The van der Waals surface area contributed by atoms with Crippen LogP contribution in [-0.4, -0.2) is 48.4 Å². The van der Waals surface area contributed by atoms with Crippen molar-refractivity contribution >= 4 is 5.91 Å². The highest BCUT2D eigenvalue weighted by Gasteiger charge is 2.24. The topological polar surface area (TPSA) is 89.3 Å². The summed E-state index contributed by atoms with van der Waals surface area (Å²) >= 11 is 0. The van der Waals surface area contributed by atoms with Gasteiger partial charge in [-0.05, 0) is 6.92 Å². The van der Waals surface area contributed by atoms with Crippen LogP contribution in [0.2, 0.25) is 0 Å². The van der Waals surface area contributed by atoms with Crippen molar-refractivity contribution in [2.75, 3.05) is 26.3 Å². The molecule has 1 saturated heterocycles. The maximum absolute atomic E-state index is 11.5. The zero-order valence-electron chi connectivity index (χ0n) is 10.4. The van der Waals surface area contributed by atoms with Crippen molar-refractivity contribution in [3.63, 3.8) is 0 Å². The summed E-state index contributed by atoms with van der Waals surface area (Å²) in [7, 11) is 0. The number of piperazine rings is 1. The predicted molar refractivity (Wildman–Crippen MR) is 63.0 cm³/mol. The van der Waals surface area contributed by atoms with E-state index >= 15 is 0 Å². The number of nitrogens with zero attached hydrogens (tertiary/aromatic N) is 2. The monoisotopic (exact) mass is 254 g/mol. The maximum Gasteiger partial charge on any atom is 0.237 e. The van der Waals surface area contributed by atoms with E-state index in [0.717, 1.165) is 6.54 Å². The molecular formula is C11H18N4O3. The number of amides is 1. The maximum atomic E-state index is 11.5. The molecule has 1 aliphatic rings. The minimum Gasteiger partial charge on any atom is -0.381 e. The second-order valence-corrected chi connectivity index (χ2v) is 4.05. The van der Waals surface area contributed by atoms with Gasteiger partial charge in [-0.1, -0.05) is 5.16 Å². The van der Waals surface area contributed by atoms with Crippen LogP contribution in [0.25, 0.3) is 0 Å². The van der Waals surface area contributed by atoms with E-state index in [4.69, 9.17) is 9.26 Å². The minimum atomic E-state index is -0.279. The summed E-state index contributed by atoms with van der Waals surface area (Å²) in [5.74, 6) is 1.08. The molecule has 1 aromatic heterocycles. The first kappa shape index (κ1) is 13.0. The Bertz CT molecular complexity index is 393. The first-order chi connectivity index (χ1) is 8.79. The van der Waals surface area contributed by atoms with E-state index in [1.807, 2.05) is 6.92 Å². The smallest absolute Gasteiger partial charge is 0.237 e. The van der Waals surface area contributed by atoms with Gasteiger partial charge < -0.3 is 19.9 Å². The van der Waals surface area contributed by atoms with Crippen molar-refractivity contribution in [3.8, 4) is 0 Å². The zero-order chi connectivity index (χ0) is 12.8. The Morgan fingerprint density at radius 3 is 3.17 bits per heavy atom. The summed E-state index contributed by atoms with van der Waals surface area (Å²) < 4.78 is 10.3. The molecule has 100 valence electrons. The molecule has 2 heterocycles.